The Hall–Kier alpha value is -0.640. The van der Waals surface area contributed by atoms with Gasteiger partial charge in [-0.3, -0.25) is 4.90 Å². The number of nitrogens with zero attached hydrogens (tertiary/aromatic N) is 2. The highest BCUT2D eigenvalue weighted by atomic mass is 35.5. The fourth-order valence-corrected chi connectivity index (χ4v) is 1.87. The van der Waals surface area contributed by atoms with Gasteiger partial charge in [0.15, 0.2) is 0 Å². The Labute approximate surface area is 88.3 Å². The van der Waals surface area contributed by atoms with Crippen molar-refractivity contribution in [3.63, 3.8) is 0 Å². The van der Waals surface area contributed by atoms with Crippen LogP contribution in [0.1, 0.15) is 5.69 Å². The largest absolute Gasteiger partial charge is 0.396 e. The average Bonchev–Trinajstić information content (AvgIpc) is 2.10. The van der Waals surface area contributed by atoms with E-state index in [-0.39, 0.29) is 0 Å². The molecule has 1 N–H and O–H groups in total. The normalized spacial score (nSPS) is 18.1. The fraction of sp³-hybridized carbons (Fsp3) is 0.500. The minimum atomic E-state index is 0.291. The first-order valence-corrected chi connectivity index (χ1v) is 5.10. The molecule has 2 heterocycles. The first-order chi connectivity index (χ1) is 6.78. The molecule has 0 aliphatic carbocycles. The lowest BCUT2D eigenvalue weighted by Gasteiger charge is -2.37. The Morgan fingerprint density at radius 3 is 2.93 bits per heavy atom. The predicted octanol–water partition coefficient (Wildman–Crippen LogP) is 1.16. The summed E-state index contributed by atoms with van der Waals surface area (Å²) in [6.45, 7) is 3.05. The van der Waals surface area contributed by atoms with Gasteiger partial charge in [-0.15, -0.1) is 0 Å². The summed E-state index contributed by atoms with van der Waals surface area (Å²) in [4.78, 5) is 6.46. The van der Waals surface area contributed by atoms with Crippen molar-refractivity contribution < 1.29 is 5.11 Å². The molecule has 1 saturated heterocycles. The van der Waals surface area contributed by atoms with Crippen LogP contribution in [0.3, 0.4) is 0 Å². The standard InChI is InChI=1S/C10H13ClN2O/c11-10-3-1-2-9(12-10)6-13-4-8(5-13)7-14/h1-3,8,14H,4-7H2. The van der Waals surface area contributed by atoms with Crippen LogP contribution in [0, 0.1) is 5.92 Å². The lowest BCUT2D eigenvalue weighted by atomic mass is 10.0. The van der Waals surface area contributed by atoms with Crippen molar-refractivity contribution in [2.24, 2.45) is 5.92 Å². The Kier molecular flexibility index (Phi) is 3.01. The molecule has 4 heteroatoms. The number of aliphatic hydroxyl groups is 1. The molecule has 1 aliphatic rings. The van der Waals surface area contributed by atoms with Crippen molar-refractivity contribution in [2.75, 3.05) is 19.7 Å². The van der Waals surface area contributed by atoms with E-state index < -0.39 is 0 Å². The van der Waals surface area contributed by atoms with E-state index in [4.69, 9.17) is 16.7 Å². The van der Waals surface area contributed by atoms with Crippen LogP contribution >= 0.6 is 11.6 Å². The van der Waals surface area contributed by atoms with Gasteiger partial charge in [-0.1, -0.05) is 17.7 Å². The monoisotopic (exact) mass is 212 g/mol. The summed E-state index contributed by atoms with van der Waals surface area (Å²) in [5.74, 6) is 0.453. The molecule has 76 valence electrons. The molecule has 0 amide bonds. The molecule has 0 unspecified atom stereocenters. The van der Waals surface area contributed by atoms with Crippen LogP contribution in [0.2, 0.25) is 5.15 Å². The predicted molar refractivity (Wildman–Crippen MR) is 55.1 cm³/mol. The van der Waals surface area contributed by atoms with Gasteiger partial charge >= 0.3 is 0 Å². The Morgan fingerprint density at radius 2 is 2.29 bits per heavy atom. The van der Waals surface area contributed by atoms with Crippen LogP contribution in [0.25, 0.3) is 0 Å². The number of pyridine rings is 1. The summed E-state index contributed by atoms with van der Waals surface area (Å²) in [5.41, 5.74) is 0.994. The number of likely N-dealkylation sites (tertiary alicyclic amines) is 1. The van der Waals surface area contributed by atoms with E-state index in [2.05, 4.69) is 9.88 Å². The smallest absolute Gasteiger partial charge is 0.129 e. The van der Waals surface area contributed by atoms with E-state index in [0.29, 0.717) is 17.7 Å². The molecule has 0 aromatic carbocycles. The molecule has 2 rings (SSSR count). The minimum Gasteiger partial charge on any atom is -0.396 e. The van der Waals surface area contributed by atoms with Crippen LogP contribution in [-0.2, 0) is 6.54 Å². The second-order valence-electron chi connectivity index (χ2n) is 3.69. The highest BCUT2D eigenvalue weighted by molar-refractivity contribution is 6.29. The van der Waals surface area contributed by atoms with Crippen molar-refractivity contribution >= 4 is 11.6 Å². The number of hydrogen-bond donors (Lipinski definition) is 1. The third-order valence-electron chi connectivity index (χ3n) is 2.45. The SMILES string of the molecule is OCC1CN(Cc2cccc(Cl)n2)C1. The van der Waals surface area contributed by atoms with E-state index in [1.165, 1.54) is 0 Å². The molecule has 0 radical (unpaired) electrons. The number of aromatic nitrogens is 1. The van der Waals surface area contributed by atoms with E-state index >= 15 is 0 Å². The molecule has 14 heavy (non-hydrogen) atoms. The molecule has 1 aromatic rings. The number of hydrogen-bond acceptors (Lipinski definition) is 3. The highest BCUT2D eigenvalue weighted by Gasteiger charge is 2.25. The third-order valence-corrected chi connectivity index (χ3v) is 2.66. The van der Waals surface area contributed by atoms with Crippen molar-refractivity contribution in [1.82, 2.24) is 9.88 Å². The summed E-state index contributed by atoms with van der Waals surface area (Å²) < 4.78 is 0. The van der Waals surface area contributed by atoms with E-state index in [1.54, 1.807) is 6.07 Å². The molecule has 0 spiro atoms. The molecule has 1 fully saturated rings. The van der Waals surface area contributed by atoms with Crippen molar-refractivity contribution in [3.8, 4) is 0 Å². The number of halogens is 1. The molecule has 1 aromatic heterocycles. The lowest BCUT2D eigenvalue weighted by molar-refractivity contribution is 0.0470. The first kappa shape index (κ1) is 9.90. The Morgan fingerprint density at radius 1 is 1.50 bits per heavy atom. The second-order valence-corrected chi connectivity index (χ2v) is 4.08. The molecule has 0 bridgehead atoms. The lowest BCUT2D eigenvalue weighted by Crippen LogP contribution is -2.47. The molecule has 0 saturated carbocycles. The first-order valence-electron chi connectivity index (χ1n) is 4.72. The second kappa shape index (κ2) is 4.26. The van der Waals surface area contributed by atoms with Gasteiger partial charge in [0, 0.05) is 32.2 Å². The topological polar surface area (TPSA) is 36.4 Å². The van der Waals surface area contributed by atoms with Crippen molar-refractivity contribution in [2.45, 2.75) is 6.54 Å². The Balaban J connectivity index is 1.87. The van der Waals surface area contributed by atoms with Gasteiger partial charge in [0.1, 0.15) is 5.15 Å². The van der Waals surface area contributed by atoms with E-state index in [1.807, 2.05) is 12.1 Å². The number of rotatable bonds is 3. The fourth-order valence-electron chi connectivity index (χ4n) is 1.69. The quantitative estimate of drug-likeness (QED) is 0.764. The maximum absolute atomic E-state index is 8.85. The summed E-state index contributed by atoms with van der Waals surface area (Å²) in [6.07, 6.45) is 0. The van der Waals surface area contributed by atoms with Gasteiger partial charge < -0.3 is 5.11 Å². The van der Waals surface area contributed by atoms with Crippen molar-refractivity contribution in [1.29, 1.82) is 0 Å². The highest BCUT2D eigenvalue weighted by Crippen LogP contribution is 2.17. The van der Waals surface area contributed by atoms with Crippen LogP contribution < -0.4 is 0 Å². The zero-order chi connectivity index (χ0) is 9.97. The summed E-state index contributed by atoms with van der Waals surface area (Å²) in [5, 5.41) is 9.39. The van der Waals surface area contributed by atoms with Crippen LogP contribution in [-0.4, -0.2) is 34.7 Å². The Bertz CT molecular complexity index is 313. The van der Waals surface area contributed by atoms with E-state index in [9.17, 15) is 0 Å². The van der Waals surface area contributed by atoms with Gasteiger partial charge in [-0.2, -0.15) is 0 Å². The number of aliphatic hydroxyl groups excluding tert-OH is 1. The van der Waals surface area contributed by atoms with Crippen LogP contribution in [0.4, 0.5) is 0 Å². The summed E-state index contributed by atoms with van der Waals surface area (Å²) in [6, 6.07) is 5.66. The maximum atomic E-state index is 8.85. The van der Waals surface area contributed by atoms with Gasteiger partial charge in [-0.25, -0.2) is 4.98 Å². The average molecular weight is 213 g/mol. The molecular weight excluding hydrogens is 200 g/mol. The third kappa shape index (κ3) is 2.23. The van der Waals surface area contributed by atoms with Gasteiger partial charge in [0.2, 0.25) is 0 Å². The van der Waals surface area contributed by atoms with Crippen LogP contribution in [0.15, 0.2) is 18.2 Å². The van der Waals surface area contributed by atoms with Gasteiger partial charge in [0.05, 0.1) is 5.69 Å². The summed E-state index contributed by atoms with van der Waals surface area (Å²) in [7, 11) is 0. The zero-order valence-electron chi connectivity index (χ0n) is 7.86. The minimum absolute atomic E-state index is 0.291. The molecule has 3 nitrogen and oxygen atoms in total. The molecular formula is C10H13ClN2O. The van der Waals surface area contributed by atoms with Crippen molar-refractivity contribution in [3.05, 3.63) is 29.0 Å². The van der Waals surface area contributed by atoms with Gasteiger partial charge in [-0.05, 0) is 12.1 Å². The summed E-state index contributed by atoms with van der Waals surface area (Å²) >= 11 is 5.78. The molecule has 0 atom stereocenters. The van der Waals surface area contributed by atoms with E-state index in [0.717, 1.165) is 25.3 Å². The molecule has 1 aliphatic heterocycles. The van der Waals surface area contributed by atoms with Crippen LogP contribution in [0.5, 0.6) is 0 Å². The zero-order valence-corrected chi connectivity index (χ0v) is 8.61. The van der Waals surface area contributed by atoms with Gasteiger partial charge in [0.25, 0.3) is 0 Å². The maximum Gasteiger partial charge on any atom is 0.129 e.